The van der Waals surface area contributed by atoms with E-state index >= 15 is 0 Å². The van der Waals surface area contributed by atoms with Gasteiger partial charge in [0.2, 0.25) is 0 Å². The molecule has 0 aliphatic rings. The molecule has 0 radical (unpaired) electrons. The molecule has 0 saturated carbocycles. The Balaban J connectivity index is 2.09. The van der Waals surface area contributed by atoms with Crippen LogP contribution in [0.25, 0.3) is 0 Å². The van der Waals surface area contributed by atoms with Gasteiger partial charge in [-0.3, -0.25) is 9.78 Å². The van der Waals surface area contributed by atoms with Gasteiger partial charge in [0, 0.05) is 25.3 Å². The molecule has 122 valence electrons. The fourth-order valence-corrected chi connectivity index (χ4v) is 2.38. The predicted octanol–water partition coefficient (Wildman–Crippen LogP) is 3.86. The zero-order chi connectivity index (χ0) is 17.0. The molecule has 1 atom stereocenters. The molecule has 1 N–H and O–H groups in total. The van der Waals surface area contributed by atoms with E-state index in [0.717, 1.165) is 5.69 Å². The quantitative estimate of drug-likeness (QED) is 0.886. The average molecular weight is 354 g/mol. The van der Waals surface area contributed by atoms with Gasteiger partial charge in [-0.1, -0.05) is 23.2 Å². The minimum atomic E-state index is -0.733. The number of ether oxygens (including phenoxy) is 1. The Hall–Kier alpha value is -1.98. The van der Waals surface area contributed by atoms with Crippen molar-refractivity contribution >= 4 is 40.5 Å². The first-order valence-corrected chi connectivity index (χ1v) is 7.68. The first-order chi connectivity index (χ1) is 10.9. The topological polar surface area (TPSA) is 54.5 Å². The number of carbonyl (C=O) groups excluding carboxylic acids is 1. The zero-order valence-corrected chi connectivity index (χ0v) is 14.5. The molecule has 0 saturated heterocycles. The SMILES string of the molecule is CC(Oc1ccc(Cl)cc1Cl)C(=O)Nc1cnccc1N(C)C. The molecule has 0 aliphatic carbocycles. The van der Waals surface area contributed by atoms with Crippen molar-refractivity contribution in [2.45, 2.75) is 13.0 Å². The van der Waals surface area contributed by atoms with E-state index in [1.807, 2.05) is 25.1 Å². The maximum Gasteiger partial charge on any atom is 0.265 e. The molecule has 2 rings (SSSR count). The van der Waals surface area contributed by atoms with Crippen molar-refractivity contribution in [1.29, 1.82) is 0 Å². The van der Waals surface area contributed by atoms with Crippen LogP contribution >= 0.6 is 23.2 Å². The van der Waals surface area contributed by atoms with Crippen LogP contribution in [0.5, 0.6) is 5.75 Å². The van der Waals surface area contributed by atoms with E-state index in [1.165, 1.54) is 0 Å². The summed E-state index contributed by atoms with van der Waals surface area (Å²) in [5.74, 6) is 0.102. The summed E-state index contributed by atoms with van der Waals surface area (Å²) in [7, 11) is 3.77. The highest BCUT2D eigenvalue weighted by atomic mass is 35.5. The number of aromatic nitrogens is 1. The molecule has 0 fully saturated rings. The van der Waals surface area contributed by atoms with Crippen LogP contribution in [0.4, 0.5) is 11.4 Å². The third kappa shape index (κ3) is 4.50. The molecule has 1 amide bonds. The third-order valence-corrected chi connectivity index (χ3v) is 3.64. The summed E-state index contributed by atoms with van der Waals surface area (Å²) in [5, 5.41) is 3.66. The summed E-state index contributed by atoms with van der Waals surface area (Å²) in [6.07, 6.45) is 2.53. The van der Waals surface area contributed by atoms with E-state index < -0.39 is 6.10 Å². The van der Waals surface area contributed by atoms with Gasteiger partial charge in [-0.25, -0.2) is 0 Å². The standard InChI is InChI=1S/C16H17Cl2N3O2/c1-10(23-15-5-4-11(17)8-12(15)18)16(22)20-13-9-19-7-6-14(13)21(2)3/h4-10H,1-3H3,(H,20,22). The summed E-state index contributed by atoms with van der Waals surface area (Å²) in [6, 6.07) is 6.66. The molecule has 2 aromatic rings. The van der Waals surface area contributed by atoms with Crippen molar-refractivity contribution in [3.63, 3.8) is 0 Å². The first-order valence-electron chi connectivity index (χ1n) is 6.92. The van der Waals surface area contributed by atoms with Crippen molar-refractivity contribution < 1.29 is 9.53 Å². The van der Waals surface area contributed by atoms with Crippen LogP contribution in [0.1, 0.15) is 6.92 Å². The Morgan fingerprint density at radius 2 is 2.04 bits per heavy atom. The van der Waals surface area contributed by atoms with Crippen molar-refractivity contribution in [3.05, 3.63) is 46.7 Å². The zero-order valence-electron chi connectivity index (χ0n) is 13.0. The summed E-state index contributed by atoms with van der Waals surface area (Å²) in [6.45, 7) is 1.64. The number of halogens is 2. The van der Waals surface area contributed by atoms with Crippen LogP contribution in [0.2, 0.25) is 10.0 Å². The molecule has 5 nitrogen and oxygen atoms in total. The second-order valence-electron chi connectivity index (χ2n) is 5.11. The van der Waals surface area contributed by atoms with Gasteiger partial charge < -0.3 is 15.0 Å². The van der Waals surface area contributed by atoms with E-state index in [1.54, 1.807) is 37.5 Å². The number of anilines is 2. The lowest BCUT2D eigenvalue weighted by Crippen LogP contribution is -2.31. The van der Waals surface area contributed by atoms with Gasteiger partial charge in [0.15, 0.2) is 6.10 Å². The minimum absolute atomic E-state index is 0.299. The molecule has 23 heavy (non-hydrogen) atoms. The van der Waals surface area contributed by atoms with E-state index in [-0.39, 0.29) is 5.91 Å². The van der Waals surface area contributed by atoms with Crippen molar-refractivity contribution in [2.75, 3.05) is 24.3 Å². The van der Waals surface area contributed by atoms with Crippen LogP contribution in [-0.2, 0) is 4.79 Å². The number of hydrogen-bond acceptors (Lipinski definition) is 4. The lowest BCUT2D eigenvalue weighted by molar-refractivity contribution is -0.122. The van der Waals surface area contributed by atoms with E-state index in [4.69, 9.17) is 27.9 Å². The first kappa shape index (κ1) is 17.4. The average Bonchev–Trinajstić information content (AvgIpc) is 2.50. The van der Waals surface area contributed by atoms with Gasteiger partial charge in [-0.05, 0) is 31.2 Å². The van der Waals surface area contributed by atoms with Gasteiger partial charge in [0.05, 0.1) is 22.6 Å². The largest absolute Gasteiger partial charge is 0.479 e. The summed E-state index contributed by atoms with van der Waals surface area (Å²) >= 11 is 11.9. The Morgan fingerprint density at radius 3 is 2.70 bits per heavy atom. The fraction of sp³-hybridized carbons (Fsp3) is 0.250. The van der Waals surface area contributed by atoms with Gasteiger partial charge in [0.1, 0.15) is 5.75 Å². The second-order valence-corrected chi connectivity index (χ2v) is 5.95. The van der Waals surface area contributed by atoms with Crippen LogP contribution < -0.4 is 15.0 Å². The van der Waals surface area contributed by atoms with E-state index in [0.29, 0.717) is 21.5 Å². The summed E-state index contributed by atoms with van der Waals surface area (Å²) in [4.78, 5) is 18.2. The number of nitrogens with zero attached hydrogens (tertiary/aromatic N) is 2. The maximum absolute atomic E-state index is 12.3. The number of carbonyl (C=O) groups is 1. The monoisotopic (exact) mass is 353 g/mol. The Kier molecular flexibility index (Phi) is 5.69. The lowest BCUT2D eigenvalue weighted by atomic mass is 10.3. The molecule has 1 heterocycles. The van der Waals surface area contributed by atoms with E-state index in [9.17, 15) is 4.79 Å². The Morgan fingerprint density at radius 1 is 1.30 bits per heavy atom. The smallest absolute Gasteiger partial charge is 0.265 e. The van der Waals surface area contributed by atoms with Gasteiger partial charge in [-0.15, -0.1) is 0 Å². The number of amides is 1. The van der Waals surface area contributed by atoms with Gasteiger partial charge in [0.25, 0.3) is 5.91 Å². The van der Waals surface area contributed by atoms with Crippen LogP contribution in [0, 0.1) is 0 Å². The highest BCUT2D eigenvalue weighted by Gasteiger charge is 2.18. The van der Waals surface area contributed by atoms with Gasteiger partial charge >= 0.3 is 0 Å². The number of rotatable bonds is 5. The highest BCUT2D eigenvalue weighted by molar-refractivity contribution is 6.35. The number of nitrogens with one attached hydrogen (secondary N) is 1. The molecule has 7 heteroatoms. The number of benzene rings is 1. The molecule has 0 spiro atoms. The van der Waals surface area contributed by atoms with Crippen molar-refractivity contribution in [2.24, 2.45) is 0 Å². The summed E-state index contributed by atoms with van der Waals surface area (Å²) in [5.41, 5.74) is 1.46. The predicted molar refractivity (Wildman–Crippen MR) is 93.7 cm³/mol. The van der Waals surface area contributed by atoms with E-state index in [2.05, 4.69) is 10.3 Å². The second kappa shape index (κ2) is 7.53. The Labute approximate surface area is 145 Å². The van der Waals surface area contributed by atoms with Gasteiger partial charge in [-0.2, -0.15) is 0 Å². The molecule has 0 bridgehead atoms. The molecule has 1 aromatic carbocycles. The summed E-state index contributed by atoms with van der Waals surface area (Å²) < 4.78 is 5.60. The normalized spacial score (nSPS) is 11.7. The molecule has 1 unspecified atom stereocenters. The minimum Gasteiger partial charge on any atom is -0.479 e. The fourth-order valence-electron chi connectivity index (χ4n) is 1.92. The third-order valence-electron chi connectivity index (χ3n) is 3.10. The van der Waals surface area contributed by atoms with Crippen LogP contribution in [-0.4, -0.2) is 31.1 Å². The number of pyridine rings is 1. The molecule has 0 aliphatic heterocycles. The van der Waals surface area contributed by atoms with Crippen molar-refractivity contribution in [1.82, 2.24) is 4.98 Å². The highest BCUT2D eigenvalue weighted by Crippen LogP contribution is 2.29. The molecular formula is C16H17Cl2N3O2. The maximum atomic E-state index is 12.3. The van der Waals surface area contributed by atoms with Crippen LogP contribution in [0.3, 0.4) is 0 Å². The number of hydrogen-bond donors (Lipinski definition) is 1. The molecule has 1 aromatic heterocycles. The Bertz CT molecular complexity index is 707. The molecular weight excluding hydrogens is 337 g/mol. The van der Waals surface area contributed by atoms with Crippen molar-refractivity contribution in [3.8, 4) is 5.75 Å². The lowest BCUT2D eigenvalue weighted by Gasteiger charge is -2.19. The van der Waals surface area contributed by atoms with Crippen LogP contribution in [0.15, 0.2) is 36.7 Å².